The first-order chi connectivity index (χ1) is 6.83. The van der Waals surface area contributed by atoms with Crippen LogP contribution in [0.3, 0.4) is 0 Å². The molecule has 0 aliphatic heterocycles. The average Bonchev–Trinajstić information content (AvgIpc) is 2.25. The molecule has 1 rings (SSSR count). The van der Waals surface area contributed by atoms with Crippen LogP contribution in [0.1, 0.15) is 18.9 Å². The first kappa shape index (κ1) is 10.5. The number of ether oxygens (including phenoxy) is 1. The zero-order chi connectivity index (χ0) is 10.2. The zero-order valence-electron chi connectivity index (χ0n) is 8.27. The summed E-state index contributed by atoms with van der Waals surface area (Å²) >= 11 is 0. The summed E-state index contributed by atoms with van der Waals surface area (Å²) in [5.41, 5.74) is 2.37. The maximum atomic E-state index is 9.92. The first-order valence-electron chi connectivity index (χ1n) is 4.61. The Labute approximate surface area is 84.2 Å². The van der Waals surface area contributed by atoms with Crippen molar-refractivity contribution in [3.63, 3.8) is 0 Å². The molecule has 0 bridgehead atoms. The molecule has 0 aliphatic carbocycles. The van der Waals surface area contributed by atoms with Gasteiger partial charge in [0.1, 0.15) is 0 Å². The summed E-state index contributed by atoms with van der Waals surface area (Å²) in [6, 6.07) is 10.2. The van der Waals surface area contributed by atoms with Crippen molar-refractivity contribution in [3.05, 3.63) is 47.7 Å². The van der Waals surface area contributed by atoms with E-state index in [1.54, 1.807) is 0 Å². The molecule has 1 aromatic rings. The summed E-state index contributed by atoms with van der Waals surface area (Å²) in [5.74, 6) is 0. The van der Waals surface area contributed by atoms with E-state index >= 15 is 0 Å². The third kappa shape index (κ3) is 3.90. The molecule has 0 fully saturated rings. The van der Waals surface area contributed by atoms with Gasteiger partial charge in [-0.2, -0.15) is 0 Å². The van der Waals surface area contributed by atoms with Gasteiger partial charge in [-0.15, -0.1) is 0 Å². The van der Waals surface area contributed by atoms with Crippen LogP contribution in [0.5, 0.6) is 0 Å². The molecular formula is C12H14O2. The molecule has 0 N–H and O–H groups in total. The molecule has 0 aromatic heterocycles. The smallest absolute Gasteiger partial charge is 0.297 e. The molecule has 1 aromatic carbocycles. The van der Waals surface area contributed by atoms with Gasteiger partial charge in [0.15, 0.2) is 0 Å². The van der Waals surface area contributed by atoms with E-state index in [1.165, 1.54) is 11.8 Å². The Morgan fingerprint density at radius 2 is 2.07 bits per heavy atom. The Morgan fingerprint density at radius 3 is 2.71 bits per heavy atom. The Balaban J connectivity index is 2.37. The van der Waals surface area contributed by atoms with Crippen LogP contribution in [0.25, 0.3) is 0 Å². The standard InChI is InChI=1S/C12H14O2/c1-11(9-14-10-13)7-8-12-5-3-2-4-6-12/h2-6,9-10H,7-8H2,1H3/b11-9+. The van der Waals surface area contributed by atoms with Gasteiger partial charge in [-0.3, -0.25) is 4.79 Å². The van der Waals surface area contributed by atoms with Crippen LogP contribution in [0, 0.1) is 0 Å². The molecule has 0 atom stereocenters. The molecule has 14 heavy (non-hydrogen) atoms. The third-order valence-electron chi connectivity index (χ3n) is 1.98. The van der Waals surface area contributed by atoms with Crippen molar-refractivity contribution in [1.29, 1.82) is 0 Å². The first-order valence-corrected chi connectivity index (χ1v) is 4.61. The van der Waals surface area contributed by atoms with E-state index in [-0.39, 0.29) is 0 Å². The number of hydrogen-bond acceptors (Lipinski definition) is 2. The number of allylic oxidation sites excluding steroid dienone is 1. The summed E-state index contributed by atoms with van der Waals surface area (Å²) in [5, 5.41) is 0. The number of rotatable bonds is 5. The van der Waals surface area contributed by atoms with E-state index in [2.05, 4.69) is 16.9 Å². The van der Waals surface area contributed by atoms with Crippen LogP contribution in [0.15, 0.2) is 42.2 Å². The fraction of sp³-hybridized carbons (Fsp3) is 0.250. The topological polar surface area (TPSA) is 26.3 Å². The van der Waals surface area contributed by atoms with Crippen LogP contribution >= 0.6 is 0 Å². The van der Waals surface area contributed by atoms with Crippen LogP contribution in [-0.2, 0) is 16.0 Å². The summed E-state index contributed by atoms with van der Waals surface area (Å²) in [6.07, 6.45) is 3.39. The largest absolute Gasteiger partial charge is 0.437 e. The fourth-order valence-electron chi connectivity index (χ4n) is 1.19. The lowest BCUT2D eigenvalue weighted by Gasteiger charge is -2.00. The van der Waals surface area contributed by atoms with Crippen LogP contribution in [0.2, 0.25) is 0 Å². The predicted octanol–water partition coefficient (Wildman–Crippen LogP) is 2.70. The highest BCUT2D eigenvalue weighted by atomic mass is 16.5. The molecule has 74 valence electrons. The number of carbonyl (C=O) groups is 1. The van der Waals surface area contributed by atoms with Crippen molar-refractivity contribution in [2.45, 2.75) is 19.8 Å². The van der Waals surface area contributed by atoms with E-state index in [9.17, 15) is 4.79 Å². The molecular weight excluding hydrogens is 176 g/mol. The van der Waals surface area contributed by atoms with Crippen LogP contribution in [-0.4, -0.2) is 6.47 Å². The Bertz CT molecular complexity index is 301. The number of carbonyl (C=O) groups excluding carboxylic acids is 1. The molecule has 0 saturated heterocycles. The highest BCUT2D eigenvalue weighted by Crippen LogP contribution is 2.08. The quantitative estimate of drug-likeness (QED) is 0.527. The van der Waals surface area contributed by atoms with Gasteiger partial charge in [-0.05, 0) is 30.9 Å². The molecule has 0 unspecified atom stereocenters. The van der Waals surface area contributed by atoms with Crippen molar-refractivity contribution < 1.29 is 9.53 Å². The molecule has 2 nitrogen and oxygen atoms in total. The summed E-state index contributed by atoms with van der Waals surface area (Å²) < 4.78 is 4.54. The van der Waals surface area contributed by atoms with Crippen molar-refractivity contribution in [1.82, 2.24) is 0 Å². The van der Waals surface area contributed by atoms with Crippen molar-refractivity contribution in [3.8, 4) is 0 Å². The van der Waals surface area contributed by atoms with E-state index in [4.69, 9.17) is 0 Å². The fourth-order valence-corrected chi connectivity index (χ4v) is 1.19. The zero-order valence-corrected chi connectivity index (χ0v) is 8.27. The predicted molar refractivity (Wildman–Crippen MR) is 55.7 cm³/mol. The van der Waals surface area contributed by atoms with Crippen LogP contribution in [0.4, 0.5) is 0 Å². The highest BCUT2D eigenvalue weighted by Gasteiger charge is 1.93. The Kier molecular flexibility index (Phi) is 4.48. The van der Waals surface area contributed by atoms with Gasteiger partial charge in [-0.25, -0.2) is 0 Å². The molecule has 0 amide bonds. The van der Waals surface area contributed by atoms with Gasteiger partial charge in [0.25, 0.3) is 6.47 Å². The SMILES string of the molecule is C/C(=C\OC=O)CCc1ccccc1. The summed E-state index contributed by atoms with van der Waals surface area (Å²) in [7, 11) is 0. The lowest BCUT2D eigenvalue weighted by atomic mass is 10.1. The van der Waals surface area contributed by atoms with E-state index < -0.39 is 0 Å². The number of benzene rings is 1. The average molecular weight is 190 g/mol. The van der Waals surface area contributed by atoms with E-state index in [0.29, 0.717) is 6.47 Å². The van der Waals surface area contributed by atoms with Crippen molar-refractivity contribution >= 4 is 6.47 Å². The normalized spacial score (nSPS) is 11.1. The minimum Gasteiger partial charge on any atom is -0.437 e. The molecule has 0 spiro atoms. The summed E-state index contributed by atoms with van der Waals surface area (Å²) in [4.78, 5) is 9.92. The van der Waals surface area contributed by atoms with Crippen molar-refractivity contribution in [2.75, 3.05) is 0 Å². The van der Waals surface area contributed by atoms with Gasteiger partial charge < -0.3 is 4.74 Å². The third-order valence-corrected chi connectivity index (χ3v) is 1.98. The minimum atomic E-state index is 0.437. The molecule has 2 heteroatoms. The van der Waals surface area contributed by atoms with Crippen LogP contribution < -0.4 is 0 Å². The van der Waals surface area contributed by atoms with E-state index in [0.717, 1.165) is 18.4 Å². The molecule has 0 radical (unpaired) electrons. The van der Waals surface area contributed by atoms with Gasteiger partial charge in [-0.1, -0.05) is 30.3 Å². The highest BCUT2D eigenvalue weighted by molar-refractivity contribution is 5.38. The number of aryl methyl sites for hydroxylation is 1. The maximum Gasteiger partial charge on any atom is 0.297 e. The second kappa shape index (κ2) is 5.97. The lowest BCUT2D eigenvalue weighted by molar-refractivity contribution is -0.123. The molecule has 0 heterocycles. The van der Waals surface area contributed by atoms with Gasteiger partial charge >= 0.3 is 0 Å². The second-order valence-corrected chi connectivity index (χ2v) is 3.18. The maximum absolute atomic E-state index is 9.92. The Morgan fingerprint density at radius 1 is 1.36 bits per heavy atom. The van der Waals surface area contributed by atoms with Gasteiger partial charge in [0.05, 0.1) is 6.26 Å². The van der Waals surface area contributed by atoms with Gasteiger partial charge in [0, 0.05) is 0 Å². The number of hydrogen-bond donors (Lipinski definition) is 0. The van der Waals surface area contributed by atoms with Gasteiger partial charge in [0.2, 0.25) is 0 Å². The second-order valence-electron chi connectivity index (χ2n) is 3.18. The van der Waals surface area contributed by atoms with Crippen molar-refractivity contribution in [2.24, 2.45) is 0 Å². The monoisotopic (exact) mass is 190 g/mol. The molecule has 0 saturated carbocycles. The molecule has 0 aliphatic rings. The van der Waals surface area contributed by atoms with E-state index in [1.807, 2.05) is 25.1 Å². The minimum absolute atomic E-state index is 0.437. The summed E-state index contributed by atoms with van der Waals surface area (Å²) in [6.45, 7) is 2.39. The lowest BCUT2D eigenvalue weighted by Crippen LogP contribution is -1.87. The Hall–Kier alpha value is -1.57.